The van der Waals surface area contributed by atoms with Crippen molar-refractivity contribution in [2.24, 2.45) is 0 Å². The van der Waals surface area contributed by atoms with Gasteiger partial charge in [-0.3, -0.25) is 0 Å². The zero-order chi connectivity index (χ0) is 22.1. The van der Waals surface area contributed by atoms with E-state index in [4.69, 9.17) is 9.47 Å². The van der Waals surface area contributed by atoms with Gasteiger partial charge in [-0.15, -0.1) is 0 Å². The number of fused-ring (bicyclic) bond motifs is 3. The molecule has 0 radical (unpaired) electrons. The van der Waals surface area contributed by atoms with Gasteiger partial charge in [-0.2, -0.15) is 0 Å². The van der Waals surface area contributed by atoms with Crippen molar-refractivity contribution in [2.75, 3.05) is 20.8 Å². The Hall–Kier alpha value is -3.15. The molecule has 1 fully saturated rings. The van der Waals surface area contributed by atoms with Crippen LogP contribution in [0, 0.1) is 0 Å². The van der Waals surface area contributed by atoms with Crippen LogP contribution in [0.4, 0.5) is 4.79 Å². The van der Waals surface area contributed by atoms with Gasteiger partial charge < -0.3 is 24.7 Å². The molecular weight excluding hydrogens is 402 g/mol. The quantitative estimate of drug-likeness (QED) is 0.596. The van der Waals surface area contributed by atoms with Gasteiger partial charge in [-0.05, 0) is 60.7 Å². The Bertz CT molecular complexity index is 1100. The van der Waals surface area contributed by atoms with Gasteiger partial charge in [0.15, 0.2) is 0 Å². The second-order valence-electron chi connectivity index (χ2n) is 8.83. The minimum atomic E-state index is -0.174. The molecule has 0 spiro atoms. The summed E-state index contributed by atoms with van der Waals surface area (Å²) in [6, 6.07) is 14.3. The summed E-state index contributed by atoms with van der Waals surface area (Å²) in [4.78, 5) is 19.1. The van der Waals surface area contributed by atoms with Gasteiger partial charge in [0.25, 0.3) is 0 Å². The first kappa shape index (κ1) is 20.7. The number of aromatic nitrogens is 1. The van der Waals surface area contributed by atoms with Crippen molar-refractivity contribution in [2.45, 2.75) is 50.6 Å². The molecule has 0 unspecified atom stereocenters. The Morgan fingerprint density at radius 1 is 1.00 bits per heavy atom. The van der Waals surface area contributed by atoms with Crippen LogP contribution in [0.3, 0.4) is 0 Å². The molecule has 168 valence electrons. The van der Waals surface area contributed by atoms with Crippen molar-refractivity contribution < 1.29 is 14.3 Å². The first-order valence-corrected chi connectivity index (χ1v) is 11.6. The molecule has 6 nitrogen and oxygen atoms in total. The number of nitrogens with zero attached hydrogens (tertiary/aromatic N) is 1. The summed E-state index contributed by atoms with van der Waals surface area (Å²) in [6.07, 6.45) is 6.62. The normalized spacial score (nSPS) is 18.9. The standard InChI is InChI=1S/C26H31N3O3/c1-31-19-10-8-17(9-11-19)25-24-21(22-16-20(32-2)12-13-23(22)28-24)14-15-29(25)26(30)27-18-6-4-3-5-7-18/h8-13,16,18,25,28H,3-7,14-15H2,1-2H3,(H,27,30)/t25-/m1/s1. The lowest BCUT2D eigenvalue weighted by atomic mass is 9.92. The van der Waals surface area contributed by atoms with Crippen molar-refractivity contribution in [1.82, 2.24) is 15.2 Å². The van der Waals surface area contributed by atoms with Crippen LogP contribution in [0.1, 0.15) is 55.0 Å². The van der Waals surface area contributed by atoms with E-state index in [0.717, 1.165) is 47.5 Å². The molecule has 2 aromatic carbocycles. The smallest absolute Gasteiger partial charge is 0.318 e. The molecular formula is C26H31N3O3. The van der Waals surface area contributed by atoms with Crippen LogP contribution >= 0.6 is 0 Å². The summed E-state index contributed by atoms with van der Waals surface area (Å²) in [7, 11) is 3.36. The van der Waals surface area contributed by atoms with Crippen molar-refractivity contribution in [3.05, 3.63) is 59.3 Å². The molecule has 2 amide bonds. The molecule has 2 N–H and O–H groups in total. The van der Waals surface area contributed by atoms with E-state index in [2.05, 4.69) is 34.6 Å². The van der Waals surface area contributed by atoms with Crippen molar-refractivity contribution >= 4 is 16.9 Å². The van der Waals surface area contributed by atoms with Gasteiger partial charge in [-0.25, -0.2) is 4.79 Å². The van der Waals surface area contributed by atoms with Crippen LogP contribution in [0.5, 0.6) is 11.5 Å². The van der Waals surface area contributed by atoms with E-state index in [-0.39, 0.29) is 18.1 Å². The lowest BCUT2D eigenvalue weighted by Crippen LogP contribution is -2.49. The van der Waals surface area contributed by atoms with Gasteiger partial charge in [0, 0.05) is 29.2 Å². The summed E-state index contributed by atoms with van der Waals surface area (Å²) in [6.45, 7) is 0.673. The monoisotopic (exact) mass is 433 g/mol. The number of carbonyl (C=O) groups excluding carboxylic acids is 1. The summed E-state index contributed by atoms with van der Waals surface area (Å²) < 4.78 is 10.8. The summed E-state index contributed by atoms with van der Waals surface area (Å²) >= 11 is 0. The number of carbonyl (C=O) groups is 1. The number of ether oxygens (including phenoxy) is 2. The number of nitrogens with one attached hydrogen (secondary N) is 2. The predicted octanol–water partition coefficient (Wildman–Crippen LogP) is 5.17. The summed E-state index contributed by atoms with van der Waals surface area (Å²) in [5.74, 6) is 1.65. The number of aromatic amines is 1. The van der Waals surface area contributed by atoms with Crippen LogP contribution in [-0.2, 0) is 6.42 Å². The van der Waals surface area contributed by atoms with E-state index in [9.17, 15) is 4.79 Å². The molecule has 0 saturated heterocycles. The molecule has 32 heavy (non-hydrogen) atoms. The first-order chi connectivity index (χ1) is 15.7. The zero-order valence-corrected chi connectivity index (χ0v) is 18.8. The first-order valence-electron chi connectivity index (χ1n) is 11.6. The van der Waals surface area contributed by atoms with Crippen LogP contribution < -0.4 is 14.8 Å². The highest BCUT2D eigenvalue weighted by Gasteiger charge is 2.35. The van der Waals surface area contributed by atoms with Gasteiger partial charge >= 0.3 is 6.03 Å². The van der Waals surface area contributed by atoms with Gasteiger partial charge in [-0.1, -0.05) is 31.4 Å². The molecule has 1 aliphatic heterocycles. The van der Waals surface area contributed by atoms with Crippen LogP contribution in [-0.4, -0.2) is 42.7 Å². The average molecular weight is 434 g/mol. The van der Waals surface area contributed by atoms with Crippen LogP contribution in [0.2, 0.25) is 0 Å². The maximum atomic E-state index is 13.5. The van der Waals surface area contributed by atoms with Crippen molar-refractivity contribution in [3.63, 3.8) is 0 Å². The number of amides is 2. The summed E-state index contributed by atoms with van der Waals surface area (Å²) in [5.41, 5.74) is 4.50. The predicted molar refractivity (Wildman–Crippen MR) is 126 cm³/mol. The molecule has 1 saturated carbocycles. The van der Waals surface area contributed by atoms with Crippen molar-refractivity contribution in [3.8, 4) is 11.5 Å². The highest BCUT2D eigenvalue weighted by molar-refractivity contribution is 5.87. The van der Waals surface area contributed by atoms with Gasteiger partial charge in [0.05, 0.1) is 20.3 Å². The second-order valence-corrected chi connectivity index (χ2v) is 8.83. The van der Waals surface area contributed by atoms with E-state index in [0.29, 0.717) is 6.54 Å². The third-order valence-electron chi connectivity index (χ3n) is 6.96. The molecule has 2 aliphatic rings. The maximum Gasteiger partial charge on any atom is 0.318 e. The SMILES string of the molecule is COc1ccc([C@@H]2c3[nH]c4ccc(OC)cc4c3CCN2C(=O)NC2CCCCC2)cc1. The number of rotatable bonds is 4. The van der Waals surface area contributed by atoms with Crippen molar-refractivity contribution in [1.29, 1.82) is 0 Å². The Morgan fingerprint density at radius 2 is 1.72 bits per heavy atom. The number of hydrogen-bond acceptors (Lipinski definition) is 3. The Labute approximate surface area is 188 Å². The van der Waals surface area contributed by atoms with Gasteiger partial charge in [0.2, 0.25) is 0 Å². The average Bonchev–Trinajstić information content (AvgIpc) is 3.22. The molecule has 3 aromatic rings. The molecule has 1 aromatic heterocycles. The van der Waals surface area contributed by atoms with E-state index in [1.165, 1.54) is 30.2 Å². The molecule has 2 heterocycles. The number of urea groups is 1. The van der Waals surface area contributed by atoms with E-state index < -0.39 is 0 Å². The highest BCUT2D eigenvalue weighted by atomic mass is 16.5. The third-order valence-corrected chi connectivity index (χ3v) is 6.96. The van der Waals surface area contributed by atoms with E-state index in [1.807, 2.05) is 23.1 Å². The van der Waals surface area contributed by atoms with Crippen LogP contribution in [0.15, 0.2) is 42.5 Å². The minimum absolute atomic E-state index is 0.0274. The van der Waals surface area contributed by atoms with Gasteiger partial charge in [0.1, 0.15) is 11.5 Å². The van der Waals surface area contributed by atoms with E-state index >= 15 is 0 Å². The fourth-order valence-electron chi connectivity index (χ4n) is 5.25. The van der Waals surface area contributed by atoms with Crippen LogP contribution in [0.25, 0.3) is 10.9 Å². The Morgan fingerprint density at radius 3 is 2.44 bits per heavy atom. The molecule has 1 atom stereocenters. The third kappa shape index (κ3) is 3.78. The molecule has 5 rings (SSSR count). The number of H-pyrrole nitrogens is 1. The maximum absolute atomic E-state index is 13.5. The summed E-state index contributed by atoms with van der Waals surface area (Å²) in [5, 5.41) is 4.49. The number of hydrogen-bond donors (Lipinski definition) is 2. The second kappa shape index (κ2) is 8.77. The molecule has 0 bridgehead atoms. The topological polar surface area (TPSA) is 66.6 Å². The fraction of sp³-hybridized carbons (Fsp3) is 0.423. The highest BCUT2D eigenvalue weighted by Crippen LogP contribution is 2.40. The fourth-order valence-corrected chi connectivity index (χ4v) is 5.25. The lowest BCUT2D eigenvalue weighted by molar-refractivity contribution is 0.172. The Kier molecular flexibility index (Phi) is 5.68. The largest absolute Gasteiger partial charge is 0.497 e. The lowest BCUT2D eigenvalue weighted by Gasteiger charge is -2.37. The minimum Gasteiger partial charge on any atom is -0.497 e. The van der Waals surface area contributed by atoms with E-state index in [1.54, 1.807) is 14.2 Å². The Balaban J connectivity index is 1.54. The number of benzene rings is 2. The molecule has 6 heteroatoms. The number of methoxy groups -OCH3 is 2. The zero-order valence-electron chi connectivity index (χ0n) is 18.8. The molecule has 1 aliphatic carbocycles.